The molecule has 11 heavy (non-hydrogen) atoms. The molecule has 0 aliphatic heterocycles. The second-order valence-corrected chi connectivity index (χ2v) is 4.09. The number of carbonyl (C=O) groups is 1. The fourth-order valence-corrected chi connectivity index (χ4v) is 0.502. The summed E-state index contributed by atoms with van der Waals surface area (Å²) in [6.07, 6.45) is -0.211. The molecule has 0 unspecified atom stereocenters. The zero-order valence-corrected chi connectivity index (χ0v) is 8.26. The van der Waals surface area contributed by atoms with Gasteiger partial charge in [0.2, 0.25) is 0 Å². The molecule has 3 heteroatoms. The summed E-state index contributed by atoms with van der Waals surface area (Å²) in [6.45, 7) is 6.01. The first-order chi connectivity index (χ1) is 4.73. The van der Waals surface area contributed by atoms with Crippen LogP contribution in [0.2, 0.25) is 0 Å². The minimum absolute atomic E-state index is 0.118. The van der Waals surface area contributed by atoms with Crippen LogP contribution in [0, 0.1) is 0 Å². The molecule has 3 nitrogen and oxygen atoms in total. The molecule has 0 aromatic rings. The van der Waals surface area contributed by atoms with Gasteiger partial charge in [0.05, 0.1) is 21.2 Å². The number of amides is 1. The number of hydrogen-bond acceptors (Lipinski definition) is 2. The number of rotatable bonds is 0. The van der Waals surface area contributed by atoms with Crippen LogP contribution in [0.4, 0.5) is 4.79 Å². The molecule has 1 amide bonds. The average molecular weight is 160 g/mol. The molecule has 0 heterocycles. The maximum atomic E-state index is 11.2. The van der Waals surface area contributed by atoms with Crippen LogP contribution in [-0.2, 0) is 4.74 Å². The summed E-state index contributed by atoms with van der Waals surface area (Å²) in [5, 5.41) is 0. The van der Waals surface area contributed by atoms with E-state index >= 15 is 0 Å². The second-order valence-electron chi connectivity index (χ2n) is 4.09. The van der Waals surface area contributed by atoms with Gasteiger partial charge in [-0.25, -0.2) is 4.48 Å². The summed E-state index contributed by atoms with van der Waals surface area (Å²) in [6, 6.07) is 0. The molecule has 0 aliphatic carbocycles. The van der Waals surface area contributed by atoms with E-state index in [2.05, 4.69) is 4.74 Å². The molecular formula is C8H18NO2+. The van der Waals surface area contributed by atoms with Crippen molar-refractivity contribution in [1.29, 1.82) is 0 Å². The summed E-state index contributed by atoms with van der Waals surface area (Å²) in [4.78, 5) is 11.2. The Bertz CT molecular complexity index is 156. The summed E-state index contributed by atoms with van der Waals surface area (Å²) < 4.78 is 4.91. The Kier molecular flexibility index (Phi) is 2.67. The highest BCUT2D eigenvalue weighted by molar-refractivity contribution is 5.59. The highest BCUT2D eigenvalue weighted by atomic mass is 16.5. The Balaban J connectivity index is 4.59. The molecule has 0 aromatic heterocycles. The lowest BCUT2D eigenvalue weighted by Crippen LogP contribution is -2.57. The monoisotopic (exact) mass is 160 g/mol. The quantitative estimate of drug-likeness (QED) is 0.503. The highest BCUT2D eigenvalue weighted by Crippen LogP contribution is 2.19. The lowest BCUT2D eigenvalue weighted by atomic mass is 10.1. The third-order valence-corrected chi connectivity index (χ3v) is 2.31. The third kappa shape index (κ3) is 1.93. The molecule has 0 aromatic carbocycles. The zero-order valence-electron chi connectivity index (χ0n) is 8.26. The second kappa shape index (κ2) is 2.81. The maximum Gasteiger partial charge on any atom is 0.515 e. The standard InChI is InChI=1S/C8H18NO2/c1-8(2,3)9(4,5)7(10)11-6/h1-6H3/q+1. The van der Waals surface area contributed by atoms with Gasteiger partial charge >= 0.3 is 6.09 Å². The molecular weight excluding hydrogens is 142 g/mol. The van der Waals surface area contributed by atoms with Gasteiger partial charge in [-0.2, -0.15) is 4.79 Å². The fraction of sp³-hybridized carbons (Fsp3) is 0.875. The first-order valence-electron chi connectivity index (χ1n) is 3.66. The Labute approximate surface area is 68.5 Å². The number of methoxy groups -OCH3 is 1. The third-order valence-electron chi connectivity index (χ3n) is 2.31. The van der Waals surface area contributed by atoms with E-state index < -0.39 is 0 Å². The zero-order chi connectivity index (χ0) is 9.28. The van der Waals surface area contributed by atoms with Crippen molar-refractivity contribution < 1.29 is 14.0 Å². The van der Waals surface area contributed by atoms with E-state index in [9.17, 15) is 4.79 Å². The molecule has 0 atom stereocenters. The van der Waals surface area contributed by atoms with Crippen LogP contribution < -0.4 is 0 Å². The molecule has 0 rings (SSSR count). The number of nitrogens with zero attached hydrogens (tertiary/aromatic N) is 1. The highest BCUT2D eigenvalue weighted by Gasteiger charge is 2.40. The molecule has 0 bridgehead atoms. The maximum absolute atomic E-state index is 11.2. The molecule has 0 saturated heterocycles. The first kappa shape index (κ1) is 10.4. The molecule has 0 radical (unpaired) electrons. The summed E-state index contributed by atoms with van der Waals surface area (Å²) >= 11 is 0. The van der Waals surface area contributed by atoms with Crippen molar-refractivity contribution in [2.45, 2.75) is 26.3 Å². The SMILES string of the molecule is COC(=O)[N+](C)(C)C(C)(C)C. The number of ether oxygens (including phenoxy) is 1. The lowest BCUT2D eigenvalue weighted by Gasteiger charge is -2.37. The van der Waals surface area contributed by atoms with Crippen LogP contribution in [-0.4, -0.2) is 37.3 Å². The van der Waals surface area contributed by atoms with Crippen molar-refractivity contribution in [2.24, 2.45) is 0 Å². The fourth-order valence-electron chi connectivity index (χ4n) is 0.502. The van der Waals surface area contributed by atoms with Crippen LogP contribution in [0.3, 0.4) is 0 Å². The molecule has 0 fully saturated rings. The minimum atomic E-state index is -0.211. The van der Waals surface area contributed by atoms with E-state index in [0.717, 1.165) is 0 Å². The minimum Gasteiger partial charge on any atom is -0.423 e. The van der Waals surface area contributed by atoms with Gasteiger partial charge in [-0.15, -0.1) is 0 Å². The molecule has 0 spiro atoms. The molecule has 66 valence electrons. The number of carbonyl (C=O) groups excluding carboxylic acids is 1. The summed E-state index contributed by atoms with van der Waals surface area (Å²) in [5.41, 5.74) is -0.118. The molecule has 0 saturated carbocycles. The van der Waals surface area contributed by atoms with Crippen molar-refractivity contribution in [2.75, 3.05) is 21.2 Å². The van der Waals surface area contributed by atoms with Crippen LogP contribution in [0.15, 0.2) is 0 Å². The van der Waals surface area contributed by atoms with Gasteiger partial charge in [-0.3, -0.25) is 0 Å². The van der Waals surface area contributed by atoms with Crippen molar-refractivity contribution in [3.05, 3.63) is 0 Å². The smallest absolute Gasteiger partial charge is 0.423 e. The van der Waals surface area contributed by atoms with E-state index in [1.165, 1.54) is 7.11 Å². The summed E-state index contributed by atoms with van der Waals surface area (Å²) in [7, 11) is 5.09. The van der Waals surface area contributed by atoms with E-state index in [0.29, 0.717) is 0 Å². The predicted molar refractivity (Wildman–Crippen MR) is 44.3 cm³/mol. The van der Waals surface area contributed by atoms with Crippen molar-refractivity contribution >= 4 is 6.09 Å². The lowest BCUT2D eigenvalue weighted by molar-refractivity contribution is -0.866. The molecule has 0 N–H and O–H groups in total. The number of quaternary nitrogens is 1. The van der Waals surface area contributed by atoms with Gasteiger partial charge in [0.1, 0.15) is 5.54 Å². The summed E-state index contributed by atoms with van der Waals surface area (Å²) in [5.74, 6) is 0. The predicted octanol–water partition coefficient (Wildman–Crippen LogP) is 1.63. The van der Waals surface area contributed by atoms with Crippen LogP contribution in [0.25, 0.3) is 0 Å². The Hall–Kier alpha value is -0.570. The molecule has 0 aliphatic rings. The van der Waals surface area contributed by atoms with Crippen LogP contribution in [0.5, 0.6) is 0 Å². The van der Waals surface area contributed by atoms with Gasteiger partial charge in [-0.05, 0) is 20.8 Å². The largest absolute Gasteiger partial charge is 0.515 e. The Morgan fingerprint density at radius 1 is 1.27 bits per heavy atom. The van der Waals surface area contributed by atoms with E-state index in [-0.39, 0.29) is 16.1 Å². The van der Waals surface area contributed by atoms with E-state index in [1.54, 1.807) is 0 Å². The van der Waals surface area contributed by atoms with Gasteiger partial charge < -0.3 is 4.74 Å². The topological polar surface area (TPSA) is 26.3 Å². The Morgan fingerprint density at radius 3 is 1.73 bits per heavy atom. The van der Waals surface area contributed by atoms with Crippen molar-refractivity contribution in [3.63, 3.8) is 0 Å². The van der Waals surface area contributed by atoms with Gasteiger partial charge in [0, 0.05) is 0 Å². The van der Waals surface area contributed by atoms with Gasteiger partial charge in [0.25, 0.3) is 0 Å². The van der Waals surface area contributed by atoms with Gasteiger partial charge in [-0.1, -0.05) is 0 Å². The van der Waals surface area contributed by atoms with E-state index in [1.807, 2.05) is 34.9 Å². The van der Waals surface area contributed by atoms with Crippen LogP contribution in [0.1, 0.15) is 20.8 Å². The number of hydrogen-bond donors (Lipinski definition) is 0. The van der Waals surface area contributed by atoms with Crippen LogP contribution >= 0.6 is 0 Å². The Morgan fingerprint density at radius 2 is 1.64 bits per heavy atom. The van der Waals surface area contributed by atoms with Crippen molar-refractivity contribution in [3.8, 4) is 0 Å². The van der Waals surface area contributed by atoms with Gasteiger partial charge in [0.15, 0.2) is 0 Å². The first-order valence-corrected chi connectivity index (χ1v) is 3.66. The van der Waals surface area contributed by atoms with E-state index in [4.69, 9.17) is 0 Å². The normalized spacial score (nSPS) is 12.9. The average Bonchev–Trinajstić information content (AvgIpc) is 1.83. The van der Waals surface area contributed by atoms with Crippen molar-refractivity contribution in [1.82, 2.24) is 0 Å².